The summed E-state index contributed by atoms with van der Waals surface area (Å²) in [6, 6.07) is 3.92. The molecule has 3 aromatic heterocycles. The highest BCUT2D eigenvalue weighted by Crippen LogP contribution is 2.34. The molecule has 17 heavy (non-hydrogen) atoms. The number of thiophene rings is 1. The normalized spacial score (nSPS) is 10.9. The number of nitrogens with one attached hydrogen (secondary N) is 1. The summed E-state index contributed by atoms with van der Waals surface area (Å²) in [6.45, 7) is 0. The Bertz CT molecular complexity index is 715. The van der Waals surface area contributed by atoms with Gasteiger partial charge in [0.2, 0.25) is 0 Å². The number of methoxy groups -OCH3 is 1. The van der Waals surface area contributed by atoms with Gasteiger partial charge in [-0.05, 0) is 11.4 Å². The molecule has 0 aliphatic heterocycles. The van der Waals surface area contributed by atoms with E-state index in [0.29, 0.717) is 16.1 Å². The van der Waals surface area contributed by atoms with E-state index in [9.17, 15) is 4.79 Å². The zero-order chi connectivity index (χ0) is 11.8. The zero-order valence-electron chi connectivity index (χ0n) is 8.76. The molecule has 86 valence electrons. The Morgan fingerprint density at radius 1 is 1.47 bits per heavy atom. The van der Waals surface area contributed by atoms with Gasteiger partial charge in [-0.1, -0.05) is 6.07 Å². The number of thiazole rings is 1. The minimum atomic E-state index is -0.292. The molecule has 0 radical (unpaired) electrons. The Labute approximate surface area is 104 Å². The third-order valence-electron chi connectivity index (χ3n) is 2.22. The largest absolute Gasteiger partial charge is 0.479 e. The van der Waals surface area contributed by atoms with Crippen molar-refractivity contribution < 1.29 is 4.74 Å². The quantitative estimate of drug-likeness (QED) is 0.770. The van der Waals surface area contributed by atoms with E-state index in [4.69, 9.17) is 4.74 Å². The lowest BCUT2D eigenvalue weighted by molar-refractivity contribution is 0.398. The lowest BCUT2D eigenvalue weighted by Crippen LogP contribution is -2.08. The van der Waals surface area contributed by atoms with E-state index in [-0.39, 0.29) is 5.56 Å². The Hall–Kier alpha value is -1.73. The molecule has 5 nitrogen and oxygen atoms in total. The number of hydrogen-bond donors (Lipinski definition) is 1. The Morgan fingerprint density at radius 2 is 2.35 bits per heavy atom. The van der Waals surface area contributed by atoms with Gasteiger partial charge in [0.05, 0.1) is 12.0 Å². The molecule has 3 aromatic rings. The van der Waals surface area contributed by atoms with E-state index in [1.165, 1.54) is 18.4 Å². The van der Waals surface area contributed by atoms with Crippen molar-refractivity contribution >= 4 is 32.9 Å². The molecule has 0 bridgehead atoms. The number of fused-ring (bicyclic) bond motifs is 1. The van der Waals surface area contributed by atoms with Crippen molar-refractivity contribution in [3.05, 3.63) is 27.9 Å². The van der Waals surface area contributed by atoms with Gasteiger partial charge >= 0.3 is 0 Å². The van der Waals surface area contributed by atoms with Crippen molar-refractivity contribution in [1.82, 2.24) is 15.2 Å². The van der Waals surface area contributed by atoms with Gasteiger partial charge in [-0.25, -0.2) is 10.1 Å². The van der Waals surface area contributed by atoms with Gasteiger partial charge in [-0.3, -0.25) is 4.79 Å². The van der Waals surface area contributed by atoms with E-state index in [2.05, 4.69) is 15.2 Å². The fourth-order valence-electron chi connectivity index (χ4n) is 1.47. The lowest BCUT2D eigenvalue weighted by Gasteiger charge is -1.95. The molecule has 7 heteroatoms. The summed E-state index contributed by atoms with van der Waals surface area (Å²) < 4.78 is 5.79. The fourth-order valence-corrected chi connectivity index (χ4v) is 3.30. The summed E-state index contributed by atoms with van der Waals surface area (Å²) in [4.78, 5) is 17.0. The van der Waals surface area contributed by atoms with Crippen LogP contribution in [0.5, 0.6) is 5.88 Å². The first-order valence-corrected chi connectivity index (χ1v) is 6.46. The molecule has 0 atom stereocenters. The highest BCUT2D eigenvalue weighted by molar-refractivity contribution is 7.25. The highest BCUT2D eigenvalue weighted by Gasteiger charge is 2.14. The monoisotopic (exact) mass is 265 g/mol. The van der Waals surface area contributed by atoms with E-state index < -0.39 is 0 Å². The van der Waals surface area contributed by atoms with Crippen LogP contribution in [0.25, 0.3) is 20.1 Å². The van der Waals surface area contributed by atoms with Gasteiger partial charge in [0.15, 0.2) is 5.52 Å². The van der Waals surface area contributed by atoms with Crippen molar-refractivity contribution in [2.24, 2.45) is 0 Å². The maximum absolute atomic E-state index is 11.6. The topological polar surface area (TPSA) is 67.9 Å². The molecule has 0 aromatic carbocycles. The number of aromatic amines is 1. The molecule has 3 heterocycles. The molecule has 0 spiro atoms. The van der Waals surface area contributed by atoms with Crippen LogP contribution in [0.15, 0.2) is 22.3 Å². The standard InChI is InChI=1S/C10H7N3O2S2/c1-15-9-7-6(8(14)12-13-9)11-10(17-7)5-3-2-4-16-5/h2-4H,1H3,(H,12,14). The maximum atomic E-state index is 11.6. The molecular formula is C10H7N3O2S2. The fraction of sp³-hybridized carbons (Fsp3) is 0.100. The first-order valence-electron chi connectivity index (χ1n) is 4.76. The minimum Gasteiger partial charge on any atom is -0.479 e. The van der Waals surface area contributed by atoms with Crippen LogP contribution in [0.2, 0.25) is 0 Å². The number of hydrogen-bond acceptors (Lipinski definition) is 6. The van der Waals surface area contributed by atoms with Gasteiger partial charge in [-0.15, -0.1) is 27.8 Å². The summed E-state index contributed by atoms with van der Waals surface area (Å²) in [7, 11) is 1.52. The molecule has 0 aliphatic rings. The average molecular weight is 265 g/mol. The van der Waals surface area contributed by atoms with Gasteiger partial charge in [0.25, 0.3) is 11.4 Å². The van der Waals surface area contributed by atoms with Gasteiger partial charge < -0.3 is 4.74 Å². The number of aromatic nitrogens is 3. The van der Waals surface area contributed by atoms with Crippen LogP contribution in [0.1, 0.15) is 0 Å². The second-order valence-electron chi connectivity index (χ2n) is 3.24. The van der Waals surface area contributed by atoms with Crippen molar-refractivity contribution in [3.63, 3.8) is 0 Å². The SMILES string of the molecule is COc1n[nH]c(=O)c2nc(-c3cccs3)sc12. The summed E-state index contributed by atoms with van der Waals surface area (Å²) in [5, 5.41) is 8.99. The molecule has 0 saturated carbocycles. The molecular weight excluding hydrogens is 258 g/mol. The Balaban J connectivity index is 2.32. The molecule has 0 aliphatic carbocycles. The third-order valence-corrected chi connectivity index (χ3v) is 4.30. The molecule has 0 fully saturated rings. The molecule has 0 saturated heterocycles. The number of rotatable bonds is 2. The van der Waals surface area contributed by atoms with Gasteiger partial charge in [-0.2, -0.15) is 0 Å². The van der Waals surface area contributed by atoms with Crippen LogP contribution in [0.4, 0.5) is 0 Å². The van der Waals surface area contributed by atoms with Crippen molar-refractivity contribution in [1.29, 1.82) is 0 Å². The first kappa shape index (κ1) is 10.4. The zero-order valence-corrected chi connectivity index (χ0v) is 10.4. The maximum Gasteiger partial charge on any atom is 0.291 e. The predicted molar refractivity (Wildman–Crippen MR) is 67.9 cm³/mol. The van der Waals surface area contributed by atoms with Crippen molar-refractivity contribution in [3.8, 4) is 15.8 Å². The summed E-state index contributed by atoms with van der Waals surface area (Å²) in [6.07, 6.45) is 0. The third kappa shape index (κ3) is 1.63. The summed E-state index contributed by atoms with van der Waals surface area (Å²) in [5.74, 6) is 0.403. The van der Waals surface area contributed by atoms with Crippen LogP contribution < -0.4 is 10.3 Å². The number of ether oxygens (including phenoxy) is 1. The Morgan fingerprint density at radius 3 is 3.06 bits per heavy atom. The number of nitrogens with zero attached hydrogens (tertiary/aromatic N) is 2. The smallest absolute Gasteiger partial charge is 0.291 e. The van der Waals surface area contributed by atoms with Gasteiger partial charge in [0, 0.05) is 0 Å². The van der Waals surface area contributed by atoms with Crippen molar-refractivity contribution in [2.45, 2.75) is 0 Å². The van der Waals surface area contributed by atoms with E-state index in [1.54, 1.807) is 11.3 Å². The molecule has 0 amide bonds. The van der Waals surface area contributed by atoms with Crippen LogP contribution in [-0.4, -0.2) is 22.3 Å². The predicted octanol–water partition coefficient (Wildman–Crippen LogP) is 2.12. The van der Waals surface area contributed by atoms with Crippen LogP contribution >= 0.6 is 22.7 Å². The highest BCUT2D eigenvalue weighted by atomic mass is 32.1. The summed E-state index contributed by atoms with van der Waals surface area (Å²) >= 11 is 3.00. The van der Waals surface area contributed by atoms with Crippen LogP contribution in [-0.2, 0) is 0 Å². The van der Waals surface area contributed by atoms with Crippen molar-refractivity contribution in [2.75, 3.05) is 7.11 Å². The molecule has 1 N–H and O–H groups in total. The van der Waals surface area contributed by atoms with E-state index in [1.807, 2.05) is 17.5 Å². The van der Waals surface area contributed by atoms with E-state index in [0.717, 1.165) is 9.88 Å². The first-order chi connectivity index (χ1) is 8.29. The second kappa shape index (κ2) is 3.94. The number of H-pyrrole nitrogens is 1. The Kier molecular flexibility index (Phi) is 2.41. The average Bonchev–Trinajstić information content (AvgIpc) is 2.98. The van der Waals surface area contributed by atoms with Crippen LogP contribution in [0, 0.1) is 0 Å². The van der Waals surface area contributed by atoms with Crippen LogP contribution in [0.3, 0.4) is 0 Å². The molecule has 0 unspecified atom stereocenters. The van der Waals surface area contributed by atoms with E-state index >= 15 is 0 Å². The minimum absolute atomic E-state index is 0.292. The molecule has 3 rings (SSSR count). The summed E-state index contributed by atoms with van der Waals surface area (Å²) in [5.41, 5.74) is 0.0881. The van der Waals surface area contributed by atoms with Gasteiger partial charge in [0.1, 0.15) is 9.71 Å². The lowest BCUT2D eigenvalue weighted by atomic mass is 10.4. The second-order valence-corrected chi connectivity index (χ2v) is 5.18.